The van der Waals surface area contributed by atoms with Crippen LogP contribution in [0.2, 0.25) is 0 Å². The molecule has 8 heteroatoms. The molecule has 0 radical (unpaired) electrons. The Morgan fingerprint density at radius 1 is 1.21 bits per heavy atom. The predicted octanol–water partition coefficient (Wildman–Crippen LogP) is 0.814. The number of nitrogens with one attached hydrogen (secondary N) is 2. The van der Waals surface area contributed by atoms with Crippen LogP contribution in [0.3, 0.4) is 0 Å². The number of carbonyl (C=O) groups excluding carboxylic acids is 4. The number of urea groups is 1. The molecule has 128 valence electrons. The molecule has 1 heterocycles. The standard InChI is InChI=1S/C16H19N3O5/c1-10(14(21)18-16(23)17-2)24-15(22)11-5-7-12(8-6-11)19-9-3-4-13(19)20/h5-8,10H,3-4,9H2,1-2H3,(H2,17,18,21,23)/t10-/m0/s1. The second-order valence-corrected chi connectivity index (χ2v) is 5.31. The lowest BCUT2D eigenvalue weighted by Gasteiger charge is -2.16. The molecule has 1 fully saturated rings. The summed E-state index contributed by atoms with van der Waals surface area (Å²) in [4.78, 5) is 48.1. The molecule has 1 atom stereocenters. The van der Waals surface area contributed by atoms with Crippen molar-refractivity contribution >= 4 is 29.5 Å². The van der Waals surface area contributed by atoms with Crippen molar-refractivity contribution in [1.82, 2.24) is 10.6 Å². The van der Waals surface area contributed by atoms with Gasteiger partial charge in [0.25, 0.3) is 5.91 Å². The van der Waals surface area contributed by atoms with Gasteiger partial charge in [-0.15, -0.1) is 0 Å². The predicted molar refractivity (Wildman–Crippen MR) is 85.5 cm³/mol. The highest BCUT2D eigenvalue weighted by Crippen LogP contribution is 2.21. The molecule has 1 aromatic carbocycles. The van der Waals surface area contributed by atoms with Crippen LogP contribution in [0.25, 0.3) is 0 Å². The van der Waals surface area contributed by atoms with Crippen molar-refractivity contribution in [1.29, 1.82) is 0 Å². The molecule has 4 amide bonds. The van der Waals surface area contributed by atoms with Gasteiger partial charge in [-0.2, -0.15) is 0 Å². The summed E-state index contributed by atoms with van der Waals surface area (Å²) in [5.41, 5.74) is 0.976. The zero-order chi connectivity index (χ0) is 17.7. The normalized spacial score (nSPS) is 14.9. The summed E-state index contributed by atoms with van der Waals surface area (Å²) in [7, 11) is 1.37. The topological polar surface area (TPSA) is 105 Å². The first kappa shape index (κ1) is 17.5. The zero-order valence-electron chi connectivity index (χ0n) is 13.5. The van der Waals surface area contributed by atoms with Crippen molar-refractivity contribution in [3.63, 3.8) is 0 Å². The van der Waals surface area contributed by atoms with Gasteiger partial charge in [0.15, 0.2) is 6.10 Å². The Hall–Kier alpha value is -2.90. The van der Waals surface area contributed by atoms with E-state index in [4.69, 9.17) is 4.74 Å². The van der Waals surface area contributed by atoms with E-state index < -0.39 is 24.0 Å². The monoisotopic (exact) mass is 333 g/mol. The molecule has 0 unspecified atom stereocenters. The molecule has 0 aliphatic carbocycles. The first-order chi connectivity index (χ1) is 11.4. The molecule has 1 aliphatic rings. The van der Waals surface area contributed by atoms with Gasteiger partial charge in [0.1, 0.15) is 0 Å². The molecule has 0 spiro atoms. The van der Waals surface area contributed by atoms with Gasteiger partial charge in [0.2, 0.25) is 5.91 Å². The number of benzene rings is 1. The third-order valence-corrected chi connectivity index (χ3v) is 3.60. The summed E-state index contributed by atoms with van der Waals surface area (Å²) >= 11 is 0. The van der Waals surface area contributed by atoms with E-state index >= 15 is 0 Å². The van der Waals surface area contributed by atoms with Gasteiger partial charge >= 0.3 is 12.0 Å². The highest BCUT2D eigenvalue weighted by molar-refractivity contribution is 5.99. The third kappa shape index (κ3) is 4.09. The molecule has 1 saturated heterocycles. The second kappa shape index (κ2) is 7.58. The molecule has 24 heavy (non-hydrogen) atoms. The summed E-state index contributed by atoms with van der Waals surface area (Å²) in [6.45, 7) is 2.03. The third-order valence-electron chi connectivity index (χ3n) is 3.60. The maximum Gasteiger partial charge on any atom is 0.338 e. The summed E-state index contributed by atoms with van der Waals surface area (Å²) in [5.74, 6) is -1.35. The largest absolute Gasteiger partial charge is 0.449 e. The van der Waals surface area contributed by atoms with Gasteiger partial charge in [0.05, 0.1) is 5.56 Å². The summed E-state index contributed by atoms with van der Waals surface area (Å²) in [6, 6.07) is 5.71. The summed E-state index contributed by atoms with van der Waals surface area (Å²) in [6.07, 6.45) is 0.233. The number of anilines is 1. The van der Waals surface area contributed by atoms with Crippen molar-refractivity contribution in [3.8, 4) is 0 Å². The van der Waals surface area contributed by atoms with E-state index in [1.807, 2.05) is 5.32 Å². The van der Waals surface area contributed by atoms with E-state index in [9.17, 15) is 19.2 Å². The molecule has 8 nitrogen and oxygen atoms in total. The fourth-order valence-electron chi connectivity index (χ4n) is 2.26. The summed E-state index contributed by atoms with van der Waals surface area (Å²) in [5, 5.41) is 4.26. The van der Waals surface area contributed by atoms with Crippen LogP contribution in [-0.4, -0.2) is 43.5 Å². The lowest BCUT2D eigenvalue weighted by atomic mass is 10.2. The van der Waals surface area contributed by atoms with Gasteiger partial charge in [0, 0.05) is 25.7 Å². The maximum absolute atomic E-state index is 12.0. The van der Waals surface area contributed by atoms with E-state index in [2.05, 4.69) is 5.32 Å². The van der Waals surface area contributed by atoms with Gasteiger partial charge in [-0.1, -0.05) is 0 Å². The van der Waals surface area contributed by atoms with Crippen LogP contribution in [0.1, 0.15) is 30.1 Å². The number of imide groups is 1. The SMILES string of the molecule is CNC(=O)NC(=O)[C@H](C)OC(=O)c1ccc(N2CCCC2=O)cc1. The Kier molecular flexibility index (Phi) is 5.51. The smallest absolute Gasteiger partial charge is 0.338 e. The van der Waals surface area contributed by atoms with Crippen LogP contribution in [0, 0.1) is 0 Å². The van der Waals surface area contributed by atoms with E-state index in [-0.39, 0.29) is 11.5 Å². The fraction of sp³-hybridized carbons (Fsp3) is 0.375. The van der Waals surface area contributed by atoms with Crippen molar-refractivity contribution < 1.29 is 23.9 Å². The zero-order valence-corrected chi connectivity index (χ0v) is 13.5. The highest BCUT2D eigenvalue weighted by Gasteiger charge is 2.23. The lowest BCUT2D eigenvalue weighted by Crippen LogP contribution is -2.43. The minimum Gasteiger partial charge on any atom is -0.449 e. The molecular formula is C16H19N3O5. The van der Waals surface area contributed by atoms with Crippen LogP contribution < -0.4 is 15.5 Å². The number of hydrogen-bond donors (Lipinski definition) is 2. The minimum atomic E-state index is -1.12. The van der Waals surface area contributed by atoms with Crippen LogP contribution >= 0.6 is 0 Å². The lowest BCUT2D eigenvalue weighted by molar-refractivity contribution is -0.127. The highest BCUT2D eigenvalue weighted by atomic mass is 16.5. The van der Waals surface area contributed by atoms with E-state index in [0.717, 1.165) is 12.1 Å². The van der Waals surface area contributed by atoms with Crippen LogP contribution in [-0.2, 0) is 14.3 Å². The Balaban J connectivity index is 1.96. The van der Waals surface area contributed by atoms with Crippen LogP contribution in [0.4, 0.5) is 10.5 Å². The molecule has 0 aromatic heterocycles. The van der Waals surface area contributed by atoms with Gasteiger partial charge < -0.3 is 15.0 Å². The molecule has 1 aromatic rings. The van der Waals surface area contributed by atoms with Crippen molar-refractivity contribution in [3.05, 3.63) is 29.8 Å². The first-order valence-electron chi connectivity index (χ1n) is 7.56. The van der Waals surface area contributed by atoms with E-state index in [1.54, 1.807) is 17.0 Å². The molecule has 1 aliphatic heterocycles. The van der Waals surface area contributed by atoms with Gasteiger partial charge in [-0.05, 0) is 37.6 Å². The number of hydrogen-bond acceptors (Lipinski definition) is 5. The molecular weight excluding hydrogens is 314 g/mol. The number of rotatable bonds is 4. The Bertz CT molecular complexity index is 656. The van der Waals surface area contributed by atoms with E-state index in [1.165, 1.54) is 26.1 Å². The minimum absolute atomic E-state index is 0.0600. The van der Waals surface area contributed by atoms with Gasteiger partial charge in [-0.3, -0.25) is 14.9 Å². The Morgan fingerprint density at radius 3 is 2.42 bits per heavy atom. The maximum atomic E-state index is 12.0. The number of ether oxygens (including phenoxy) is 1. The van der Waals surface area contributed by atoms with Crippen molar-refractivity contribution in [2.75, 3.05) is 18.5 Å². The molecule has 2 N–H and O–H groups in total. The van der Waals surface area contributed by atoms with Crippen LogP contribution in [0.15, 0.2) is 24.3 Å². The second-order valence-electron chi connectivity index (χ2n) is 5.31. The molecule has 0 bridgehead atoms. The van der Waals surface area contributed by atoms with Gasteiger partial charge in [-0.25, -0.2) is 9.59 Å². The quantitative estimate of drug-likeness (QED) is 0.794. The first-order valence-corrected chi connectivity index (χ1v) is 7.56. The molecule has 2 rings (SSSR count). The fourth-order valence-corrected chi connectivity index (χ4v) is 2.26. The molecule has 0 saturated carbocycles. The van der Waals surface area contributed by atoms with Crippen molar-refractivity contribution in [2.24, 2.45) is 0 Å². The van der Waals surface area contributed by atoms with Crippen molar-refractivity contribution in [2.45, 2.75) is 25.9 Å². The average Bonchev–Trinajstić information content (AvgIpc) is 3.00. The average molecular weight is 333 g/mol. The Labute approximate surface area is 139 Å². The number of carbonyl (C=O) groups is 4. The van der Waals surface area contributed by atoms with E-state index in [0.29, 0.717) is 13.0 Å². The Morgan fingerprint density at radius 2 is 1.88 bits per heavy atom. The summed E-state index contributed by atoms with van der Waals surface area (Å²) < 4.78 is 5.02. The number of nitrogens with zero attached hydrogens (tertiary/aromatic N) is 1. The van der Waals surface area contributed by atoms with Crippen LogP contribution in [0.5, 0.6) is 0 Å². The number of esters is 1. The number of amides is 4.